The van der Waals surface area contributed by atoms with Crippen molar-refractivity contribution in [3.05, 3.63) is 41.9 Å². The largest absolute Gasteiger partial charge is 0.423 e. The molecule has 6 nitrogen and oxygen atoms in total. The molecule has 0 bridgehead atoms. The molecule has 2 aromatic heterocycles. The molecule has 0 aliphatic heterocycles. The molecule has 3 aromatic rings. The van der Waals surface area contributed by atoms with Gasteiger partial charge in [-0.1, -0.05) is 19.1 Å². The van der Waals surface area contributed by atoms with Crippen molar-refractivity contribution in [3.63, 3.8) is 0 Å². The highest BCUT2D eigenvalue weighted by Gasteiger charge is 2.13. The molecule has 20 heavy (non-hydrogen) atoms. The lowest BCUT2D eigenvalue weighted by atomic mass is 10.3. The first-order chi connectivity index (χ1) is 9.81. The number of imidazole rings is 1. The highest BCUT2D eigenvalue weighted by molar-refractivity contribution is 5.76. The number of aromatic nitrogens is 4. The van der Waals surface area contributed by atoms with E-state index in [9.17, 15) is 0 Å². The van der Waals surface area contributed by atoms with Gasteiger partial charge in [0.25, 0.3) is 0 Å². The van der Waals surface area contributed by atoms with E-state index in [4.69, 9.17) is 9.68 Å². The van der Waals surface area contributed by atoms with Crippen molar-refractivity contribution in [3.8, 4) is 6.07 Å². The molecule has 0 radical (unpaired) electrons. The van der Waals surface area contributed by atoms with E-state index in [1.54, 1.807) is 0 Å². The van der Waals surface area contributed by atoms with E-state index in [0.29, 0.717) is 30.6 Å². The maximum absolute atomic E-state index is 8.92. The minimum absolute atomic E-state index is 0.253. The highest BCUT2D eigenvalue weighted by atomic mass is 16.4. The minimum atomic E-state index is 0.253. The number of benzene rings is 1. The van der Waals surface area contributed by atoms with Crippen LogP contribution in [-0.4, -0.2) is 19.7 Å². The molecular formula is C14H13N5O. The van der Waals surface area contributed by atoms with Crippen LogP contribution < -0.4 is 0 Å². The summed E-state index contributed by atoms with van der Waals surface area (Å²) < 4.78 is 7.48. The Morgan fingerprint density at radius 1 is 1.25 bits per heavy atom. The van der Waals surface area contributed by atoms with Crippen LogP contribution in [0.15, 0.2) is 28.7 Å². The first-order valence-electron chi connectivity index (χ1n) is 6.44. The summed E-state index contributed by atoms with van der Waals surface area (Å²) >= 11 is 0. The number of rotatable bonds is 4. The Morgan fingerprint density at radius 3 is 2.80 bits per heavy atom. The van der Waals surface area contributed by atoms with Gasteiger partial charge in [0.05, 0.1) is 23.5 Å². The predicted octanol–water partition coefficient (Wildman–Crippen LogP) is 2.10. The van der Waals surface area contributed by atoms with Crippen LogP contribution in [0.2, 0.25) is 0 Å². The van der Waals surface area contributed by atoms with Crippen molar-refractivity contribution in [1.29, 1.82) is 5.26 Å². The van der Waals surface area contributed by atoms with Gasteiger partial charge in [0.1, 0.15) is 12.4 Å². The molecular weight excluding hydrogens is 254 g/mol. The highest BCUT2D eigenvalue weighted by Crippen LogP contribution is 2.18. The third-order valence-electron chi connectivity index (χ3n) is 3.08. The summed E-state index contributed by atoms with van der Waals surface area (Å²) in [4.78, 5) is 4.48. The third-order valence-corrected chi connectivity index (χ3v) is 3.08. The Bertz CT molecular complexity index is 780. The van der Waals surface area contributed by atoms with Crippen molar-refractivity contribution >= 4 is 11.0 Å². The fourth-order valence-electron chi connectivity index (χ4n) is 2.14. The van der Waals surface area contributed by atoms with Crippen LogP contribution in [0.1, 0.15) is 24.5 Å². The number of fused-ring (bicyclic) bond motifs is 1. The van der Waals surface area contributed by atoms with Crippen LogP contribution in [0.3, 0.4) is 0 Å². The molecule has 0 fully saturated rings. The van der Waals surface area contributed by atoms with Gasteiger partial charge >= 0.3 is 0 Å². The Hall–Kier alpha value is -2.68. The fourth-order valence-corrected chi connectivity index (χ4v) is 2.14. The Balaban J connectivity index is 2.04. The summed E-state index contributed by atoms with van der Waals surface area (Å²) in [6, 6.07) is 9.91. The molecule has 0 aliphatic rings. The van der Waals surface area contributed by atoms with Crippen molar-refractivity contribution in [2.75, 3.05) is 0 Å². The maximum Gasteiger partial charge on any atom is 0.236 e. The summed E-state index contributed by atoms with van der Waals surface area (Å²) in [6.45, 7) is 2.40. The normalized spacial score (nSPS) is 10.8. The fraction of sp³-hybridized carbons (Fsp3) is 0.286. The number of nitriles is 1. The van der Waals surface area contributed by atoms with Crippen LogP contribution in [0.4, 0.5) is 0 Å². The van der Waals surface area contributed by atoms with Gasteiger partial charge in [-0.25, -0.2) is 4.98 Å². The average Bonchev–Trinajstić information content (AvgIpc) is 3.05. The van der Waals surface area contributed by atoms with Gasteiger partial charge in [-0.2, -0.15) is 5.26 Å². The van der Waals surface area contributed by atoms with Gasteiger partial charge in [0.15, 0.2) is 0 Å². The molecule has 2 heterocycles. The number of para-hydroxylation sites is 2. The average molecular weight is 267 g/mol. The molecule has 0 saturated carbocycles. The number of hydrogen-bond donors (Lipinski definition) is 0. The summed E-state index contributed by atoms with van der Waals surface area (Å²) in [7, 11) is 0. The molecule has 0 spiro atoms. The van der Waals surface area contributed by atoms with Crippen molar-refractivity contribution < 1.29 is 4.42 Å². The molecule has 0 atom stereocenters. The van der Waals surface area contributed by atoms with E-state index in [1.807, 2.05) is 35.8 Å². The van der Waals surface area contributed by atoms with Crippen molar-refractivity contribution in [2.24, 2.45) is 0 Å². The molecule has 6 heteroatoms. The topological polar surface area (TPSA) is 80.5 Å². The zero-order valence-electron chi connectivity index (χ0n) is 11.1. The van der Waals surface area contributed by atoms with E-state index in [0.717, 1.165) is 11.0 Å². The Morgan fingerprint density at radius 2 is 2.05 bits per heavy atom. The molecule has 100 valence electrons. The van der Waals surface area contributed by atoms with E-state index in [2.05, 4.69) is 21.3 Å². The van der Waals surface area contributed by atoms with E-state index in [1.165, 1.54) is 0 Å². The lowest BCUT2D eigenvalue weighted by Crippen LogP contribution is -2.05. The lowest BCUT2D eigenvalue weighted by molar-refractivity contribution is 0.442. The zero-order chi connectivity index (χ0) is 13.9. The van der Waals surface area contributed by atoms with Gasteiger partial charge in [-0.05, 0) is 12.1 Å². The molecule has 0 amide bonds. The first kappa shape index (κ1) is 12.4. The Labute approximate surface area is 115 Å². The molecule has 3 rings (SSSR count). The molecule has 0 aliphatic carbocycles. The van der Waals surface area contributed by atoms with E-state index < -0.39 is 0 Å². The van der Waals surface area contributed by atoms with Crippen LogP contribution in [0.25, 0.3) is 11.0 Å². The van der Waals surface area contributed by atoms with Crippen molar-refractivity contribution in [1.82, 2.24) is 19.7 Å². The third kappa shape index (κ3) is 2.14. The van der Waals surface area contributed by atoms with Crippen LogP contribution in [0.5, 0.6) is 0 Å². The van der Waals surface area contributed by atoms with Crippen LogP contribution >= 0.6 is 0 Å². The van der Waals surface area contributed by atoms with Crippen LogP contribution in [0, 0.1) is 11.3 Å². The zero-order valence-corrected chi connectivity index (χ0v) is 11.1. The minimum Gasteiger partial charge on any atom is -0.423 e. The standard InChI is InChI=1S/C14H13N5O/c1-2-13-17-18-14(20-13)9-19-11-6-4-3-5-10(11)16-12(19)7-8-15/h3-6H,2,7,9H2,1H3. The van der Waals surface area contributed by atoms with Crippen molar-refractivity contribution in [2.45, 2.75) is 26.3 Å². The molecule has 0 N–H and O–H groups in total. The summed E-state index contributed by atoms with van der Waals surface area (Å²) in [5, 5.41) is 16.9. The lowest BCUT2D eigenvalue weighted by Gasteiger charge is -2.03. The monoisotopic (exact) mass is 267 g/mol. The van der Waals surface area contributed by atoms with Gasteiger partial charge in [0.2, 0.25) is 11.8 Å². The maximum atomic E-state index is 8.92. The second-order valence-electron chi connectivity index (χ2n) is 4.38. The summed E-state index contributed by atoms with van der Waals surface area (Å²) in [5.74, 6) is 1.86. The second kappa shape index (κ2) is 5.13. The smallest absolute Gasteiger partial charge is 0.236 e. The Kier molecular flexibility index (Phi) is 3.17. The SMILES string of the molecule is CCc1nnc(Cn2c(CC#N)nc3ccccc32)o1. The van der Waals surface area contributed by atoms with Gasteiger partial charge in [-0.15, -0.1) is 10.2 Å². The molecule has 1 aromatic carbocycles. The van der Waals surface area contributed by atoms with E-state index >= 15 is 0 Å². The molecule has 0 unspecified atom stereocenters. The summed E-state index contributed by atoms with van der Waals surface area (Å²) in [5.41, 5.74) is 1.84. The molecule has 0 saturated heterocycles. The van der Waals surface area contributed by atoms with E-state index in [-0.39, 0.29) is 6.42 Å². The number of aryl methyl sites for hydroxylation is 1. The number of nitrogens with zero attached hydrogens (tertiary/aromatic N) is 5. The van der Waals surface area contributed by atoms with Gasteiger partial charge < -0.3 is 8.98 Å². The predicted molar refractivity (Wildman–Crippen MR) is 71.8 cm³/mol. The summed E-state index contributed by atoms with van der Waals surface area (Å²) in [6.07, 6.45) is 0.964. The second-order valence-corrected chi connectivity index (χ2v) is 4.38. The van der Waals surface area contributed by atoms with Gasteiger partial charge in [0, 0.05) is 6.42 Å². The quantitative estimate of drug-likeness (QED) is 0.723. The number of hydrogen-bond acceptors (Lipinski definition) is 5. The van der Waals surface area contributed by atoms with Crippen LogP contribution in [-0.2, 0) is 19.4 Å². The first-order valence-corrected chi connectivity index (χ1v) is 6.44. The van der Waals surface area contributed by atoms with Gasteiger partial charge in [-0.3, -0.25) is 0 Å².